The molecule has 1 heterocycles. The normalized spacial score (nSPS) is 16.1. The van der Waals surface area contributed by atoms with Crippen molar-refractivity contribution in [2.75, 3.05) is 0 Å². The first-order valence-electron chi connectivity index (χ1n) is 7.52. The minimum Gasteiger partial charge on any atom is -0.365 e. The molecule has 6 heteroatoms. The summed E-state index contributed by atoms with van der Waals surface area (Å²) < 4.78 is 38.6. The van der Waals surface area contributed by atoms with Crippen molar-refractivity contribution < 1.29 is 18.0 Å². The van der Waals surface area contributed by atoms with Gasteiger partial charge < -0.3 is 10.3 Å². The van der Waals surface area contributed by atoms with E-state index in [9.17, 15) is 18.0 Å². The predicted octanol–water partition coefficient (Wildman–Crippen LogP) is 3.84. The van der Waals surface area contributed by atoms with Crippen LogP contribution < -0.4 is 5.32 Å². The molecule has 122 valence electrons. The van der Waals surface area contributed by atoms with Gasteiger partial charge in [-0.05, 0) is 48.6 Å². The fourth-order valence-electron chi connectivity index (χ4n) is 2.69. The topological polar surface area (TPSA) is 44.9 Å². The van der Waals surface area contributed by atoms with Crippen LogP contribution in [0.3, 0.4) is 0 Å². The molecule has 0 saturated heterocycles. The number of benzene rings is 1. The second kappa shape index (κ2) is 6.10. The Hall–Kier alpha value is -2.24. The summed E-state index contributed by atoms with van der Waals surface area (Å²) in [6.07, 6.45) is -0.616. The first-order valence-corrected chi connectivity index (χ1v) is 7.52. The molecule has 1 aromatic heterocycles. The fraction of sp³-hybridized carbons (Fsp3) is 0.353. The maximum Gasteiger partial charge on any atom is 0.416 e. The van der Waals surface area contributed by atoms with Gasteiger partial charge in [-0.2, -0.15) is 13.2 Å². The Morgan fingerprint density at radius 2 is 2.04 bits per heavy atom. The van der Waals surface area contributed by atoms with E-state index in [4.69, 9.17) is 0 Å². The van der Waals surface area contributed by atoms with E-state index in [0.717, 1.165) is 30.7 Å². The van der Waals surface area contributed by atoms with Crippen LogP contribution in [0.2, 0.25) is 0 Å². The molecule has 3 rings (SSSR count). The van der Waals surface area contributed by atoms with Gasteiger partial charge in [0.2, 0.25) is 5.91 Å². The predicted molar refractivity (Wildman–Crippen MR) is 79.5 cm³/mol. The van der Waals surface area contributed by atoms with Gasteiger partial charge in [0.25, 0.3) is 0 Å². The molecule has 1 aromatic carbocycles. The van der Waals surface area contributed by atoms with Crippen LogP contribution in [-0.2, 0) is 17.4 Å². The third-order valence-electron chi connectivity index (χ3n) is 4.00. The van der Waals surface area contributed by atoms with Crippen LogP contribution in [0.15, 0.2) is 42.6 Å². The highest BCUT2D eigenvalue weighted by atomic mass is 19.4. The van der Waals surface area contributed by atoms with E-state index < -0.39 is 11.7 Å². The highest BCUT2D eigenvalue weighted by Gasteiger charge is 2.36. The van der Waals surface area contributed by atoms with Crippen molar-refractivity contribution >= 4 is 5.91 Å². The fourth-order valence-corrected chi connectivity index (χ4v) is 2.69. The number of aromatic amines is 1. The molecule has 1 aliphatic carbocycles. The minimum absolute atomic E-state index is 0.190. The van der Waals surface area contributed by atoms with Crippen LogP contribution in [0.1, 0.15) is 35.7 Å². The molecule has 2 aromatic rings. The summed E-state index contributed by atoms with van der Waals surface area (Å²) in [6.45, 7) is 0. The second-order valence-electron chi connectivity index (χ2n) is 5.88. The Morgan fingerprint density at radius 3 is 2.65 bits per heavy atom. The minimum atomic E-state index is -4.38. The summed E-state index contributed by atoms with van der Waals surface area (Å²) in [5.41, 5.74) is 0.613. The number of carbonyl (C=O) groups excluding carboxylic acids is 1. The zero-order valence-electron chi connectivity index (χ0n) is 12.4. The number of aromatic nitrogens is 1. The van der Waals surface area contributed by atoms with Gasteiger partial charge in [-0.25, -0.2) is 0 Å². The largest absolute Gasteiger partial charge is 0.416 e. The van der Waals surface area contributed by atoms with Gasteiger partial charge in [-0.3, -0.25) is 4.79 Å². The summed E-state index contributed by atoms with van der Waals surface area (Å²) in [5, 5.41) is 2.89. The number of amides is 1. The zero-order chi connectivity index (χ0) is 16.4. The number of alkyl halides is 3. The Morgan fingerprint density at radius 1 is 1.26 bits per heavy atom. The van der Waals surface area contributed by atoms with E-state index in [1.165, 1.54) is 6.07 Å². The van der Waals surface area contributed by atoms with Gasteiger partial charge in [-0.1, -0.05) is 12.1 Å². The van der Waals surface area contributed by atoms with E-state index in [-0.39, 0.29) is 24.3 Å². The number of rotatable bonds is 5. The Labute approximate surface area is 131 Å². The van der Waals surface area contributed by atoms with Crippen LogP contribution in [-0.4, -0.2) is 10.9 Å². The average Bonchev–Trinajstić information content (AvgIpc) is 3.22. The third kappa shape index (κ3) is 3.94. The first kappa shape index (κ1) is 15.6. The van der Waals surface area contributed by atoms with Gasteiger partial charge in [0.15, 0.2) is 0 Å². The standard InChI is InChI=1S/C17H17F3N2O/c18-17(19,20)13-4-1-3-12(9-13)16(11-6-7-11)22-15(23)10-14-5-2-8-21-14/h1-5,8-9,11,16,21H,6-7,10H2,(H,22,23). The quantitative estimate of drug-likeness (QED) is 0.863. The van der Waals surface area contributed by atoms with E-state index >= 15 is 0 Å². The molecule has 1 fully saturated rings. The number of H-pyrrole nitrogens is 1. The summed E-state index contributed by atoms with van der Waals surface area (Å²) in [7, 11) is 0. The molecule has 0 radical (unpaired) electrons. The van der Waals surface area contributed by atoms with E-state index in [1.54, 1.807) is 24.4 Å². The van der Waals surface area contributed by atoms with Gasteiger partial charge in [-0.15, -0.1) is 0 Å². The Bertz CT molecular complexity index is 675. The van der Waals surface area contributed by atoms with Crippen LogP contribution in [0.5, 0.6) is 0 Å². The molecule has 0 bridgehead atoms. The van der Waals surface area contributed by atoms with Crippen LogP contribution in [0.4, 0.5) is 13.2 Å². The Balaban J connectivity index is 1.75. The van der Waals surface area contributed by atoms with E-state index in [2.05, 4.69) is 10.3 Å². The maximum absolute atomic E-state index is 12.9. The van der Waals surface area contributed by atoms with E-state index in [0.29, 0.717) is 5.56 Å². The summed E-state index contributed by atoms with van der Waals surface area (Å²) in [5.74, 6) is 0.0211. The van der Waals surface area contributed by atoms with Crippen molar-refractivity contribution in [1.29, 1.82) is 0 Å². The molecule has 0 spiro atoms. The molecule has 1 saturated carbocycles. The molecule has 1 amide bonds. The molecular weight excluding hydrogens is 305 g/mol. The molecule has 23 heavy (non-hydrogen) atoms. The van der Waals surface area contributed by atoms with Gasteiger partial charge in [0.1, 0.15) is 0 Å². The number of halogens is 3. The highest BCUT2D eigenvalue weighted by Crippen LogP contribution is 2.42. The zero-order valence-corrected chi connectivity index (χ0v) is 12.4. The van der Waals surface area contributed by atoms with Crippen molar-refractivity contribution in [2.24, 2.45) is 5.92 Å². The van der Waals surface area contributed by atoms with Gasteiger partial charge in [0, 0.05) is 11.9 Å². The SMILES string of the molecule is O=C(Cc1ccc[nH]1)NC(c1cccc(C(F)(F)F)c1)C1CC1. The van der Waals surface area contributed by atoms with Crippen LogP contribution in [0.25, 0.3) is 0 Å². The molecule has 2 N–H and O–H groups in total. The van der Waals surface area contributed by atoms with Crippen molar-refractivity contribution in [3.8, 4) is 0 Å². The number of hydrogen-bond donors (Lipinski definition) is 2. The second-order valence-corrected chi connectivity index (χ2v) is 5.88. The van der Waals surface area contributed by atoms with Crippen LogP contribution >= 0.6 is 0 Å². The molecular formula is C17H17F3N2O. The summed E-state index contributed by atoms with van der Waals surface area (Å²) in [6, 6.07) is 8.47. The number of carbonyl (C=O) groups is 1. The molecule has 3 nitrogen and oxygen atoms in total. The first-order chi connectivity index (χ1) is 10.9. The van der Waals surface area contributed by atoms with Gasteiger partial charge in [0.05, 0.1) is 18.0 Å². The summed E-state index contributed by atoms with van der Waals surface area (Å²) in [4.78, 5) is 15.1. The van der Waals surface area contributed by atoms with Crippen molar-refractivity contribution in [3.05, 3.63) is 59.4 Å². The summed E-state index contributed by atoms with van der Waals surface area (Å²) >= 11 is 0. The van der Waals surface area contributed by atoms with Gasteiger partial charge >= 0.3 is 6.18 Å². The molecule has 1 atom stereocenters. The van der Waals surface area contributed by atoms with Crippen LogP contribution in [0, 0.1) is 5.92 Å². The smallest absolute Gasteiger partial charge is 0.365 e. The Kier molecular flexibility index (Phi) is 4.15. The van der Waals surface area contributed by atoms with Crippen molar-refractivity contribution in [2.45, 2.75) is 31.5 Å². The molecule has 1 unspecified atom stereocenters. The molecule has 1 aliphatic rings. The highest BCUT2D eigenvalue weighted by molar-refractivity contribution is 5.78. The average molecular weight is 322 g/mol. The van der Waals surface area contributed by atoms with Crippen molar-refractivity contribution in [3.63, 3.8) is 0 Å². The lowest BCUT2D eigenvalue weighted by Gasteiger charge is -2.20. The molecule has 0 aliphatic heterocycles. The van der Waals surface area contributed by atoms with Crippen molar-refractivity contribution in [1.82, 2.24) is 10.3 Å². The lowest BCUT2D eigenvalue weighted by molar-refractivity contribution is -0.137. The number of nitrogens with one attached hydrogen (secondary N) is 2. The maximum atomic E-state index is 12.9. The monoisotopic (exact) mass is 322 g/mol. The lowest BCUT2D eigenvalue weighted by Crippen LogP contribution is -2.31. The lowest BCUT2D eigenvalue weighted by atomic mass is 9.99. The van der Waals surface area contributed by atoms with E-state index in [1.807, 2.05) is 0 Å². The number of hydrogen-bond acceptors (Lipinski definition) is 1. The third-order valence-corrected chi connectivity index (χ3v) is 4.00.